The zero-order chi connectivity index (χ0) is 16.5. The molecule has 0 fully saturated rings. The van der Waals surface area contributed by atoms with Gasteiger partial charge in [0.05, 0.1) is 5.57 Å². The van der Waals surface area contributed by atoms with Crippen LogP contribution in [0.5, 0.6) is 0 Å². The quantitative estimate of drug-likeness (QED) is 0.665. The number of hydrogen-bond acceptors (Lipinski definition) is 2. The minimum absolute atomic E-state index is 0.000972. The molecule has 1 amide bonds. The van der Waals surface area contributed by atoms with Crippen LogP contribution in [0, 0.1) is 0 Å². The zero-order valence-electron chi connectivity index (χ0n) is 10.8. The smallest absolute Gasteiger partial charge is 0.338 e. The van der Waals surface area contributed by atoms with Crippen molar-refractivity contribution in [3.8, 4) is 0 Å². The van der Waals surface area contributed by atoms with E-state index in [1.165, 1.54) is 29.6 Å². The standard InChI is InChI=1S/C14H9F4NO3/c15-9-6-8(13(21)22)10(16)11(17)14(9,18)19-12(20)7-4-2-1-3-5-7/h1-6,11H,(H,19,20)(H,21,22). The van der Waals surface area contributed by atoms with Crippen LogP contribution in [0.25, 0.3) is 0 Å². The van der Waals surface area contributed by atoms with Crippen molar-refractivity contribution in [3.63, 3.8) is 0 Å². The second-order valence-electron chi connectivity index (χ2n) is 4.45. The van der Waals surface area contributed by atoms with E-state index in [1.54, 1.807) is 6.07 Å². The first-order valence-corrected chi connectivity index (χ1v) is 5.98. The predicted molar refractivity (Wildman–Crippen MR) is 67.6 cm³/mol. The van der Waals surface area contributed by atoms with Crippen molar-refractivity contribution < 1.29 is 32.3 Å². The fourth-order valence-electron chi connectivity index (χ4n) is 1.85. The molecule has 2 N–H and O–H groups in total. The Morgan fingerprint density at radius 3 is 2.32 bits per heavy atom. The van der Waals surface area contributed by atoms with Crippen molar-refractivity contribution in [2.75, 3.05) is 0 Å². The SMILES string of the molecule is O=C(O)C1=C(F)C(F)C(F)(NC(=O)c2ccccc2)C(F)=C1. The normalized spacial score (nSPS) is 24.7. The van der Waals surface area contributed by atoms with Crippen molar-refractivity contribution >= 4 is 11.9 Å². The monoisotopic (exact) mass is 315 g/mol. The highest BCUT2D eigenvalue weighted by atomic mass is 19.2. The van der Waals surface area contributed by atoms with Crippen LogP contribution < -0.4 is 5.32 Å². The van der Waals surface area contributed by atoms with Gasteiger partial charge in [-0.05, 0) is 18.2 Å². The Morgan fingerprint density at radius 2 is 1.77 bits per heavy atom. The maximum absolute atomic E-state index is 14.4. The largest absolute Gasteiger partial charge is 0.478 e. The maximum atomic E-state index is 14.4. The molecule has 1 aliphatic carbocycles. The number of alkyl halides is 2. The highest BCUT2D eigenvalue weighted by Gasteiger charge is 2.52. The van der Waals surface area contributed by atoms with Gasteiger partial charge in [-0.2, -0.15) is 0 Å². The minimum Gasteiger partial charge on any atom is -0.478 e. The van der Waals surface area contributed by atoms with E-state index in [-0.39, 0.29) is 11.6 Å². The molecule has 4 nitrogen and oxygen atoms in total. The van der Waals surface area contributed by atoms with E-state index in [4.69, 9.17) is 5.11 Å². The van der Waals surface area contributed by atoms with Crippen molar-refractivity contribution in [1.82, 2.24) is 5.32 Å². The summed E-state index contributed by atoms with van der Waals surface area (Å²) in [5, 5.41) is 10.00. The summed E-state index contributed by atoms with van der Waals surface area (Å²) in [7, 11) is 0. The van der Waals surface area contributed by atoms with Crippen molar-refractivity contribution in [3.05, 3.63) is 59.2 Å². The first-order valence-electron chi connectivity index (χ1n) is 5.98. The molecule has 8 heteroatoms. The van der Waals surface area contributed by atoms with E-state index in [0.717, 1.165) is 0 Å². The second-order valence-corrected chi connectivity index (χ2v) is 4.45. The molecule has 0 heterocycles. The summed E-state index contributed by atoms with van der Waals surface area (Å²) >= 11 is 0. The van der Waals surface area contributed by atoms with Gasteiger partial charge in [-0.25, -0.2) is 22.4 Å². The molecule has 0 aromatic heterocycles. The Morgan fingerprint density at radius 1 is 1.18 bits per heavy atom. The Kier molecular flexibility index (Phi) is 4.03. The topological polar surface area (TPSA) is 66.4 Å². The van der Waals surface area contributed by atoms with Crippen LogP contribution in [-0.2, 0) is 4.79 Å². The summed E-state index contributed by atoms with van der Waals surface area (Å²) in [5.74, 6) is -10.9. The van der Waals surface area contributed by atoms with Crippen LogP contribution in [0.3, 0.4) is 0 Å². The third-order valence-corrected chi connectivity index (χ3v) is 3.01. The first kappa shape index (κ1) is 15.7. The fraction of sp³-hybridized carbons (Fsp3) is 0.143. The highest BCUT2D eigenvalue weighted by molar-refractivity contribution is 5.95. The molecule has 0 radical (unpaired) electrons. The number of rotatable bonds is 3. The second kappa shape index (κ2) is 5.63. The fourth-order valence-corrected chi connectivity index (χ4v) is 1.85. The lowest BCUT2D eigenvalue weighted by Crippen LogP contribution is -2.54. The van der Waals surface area contributed by atoms with E-state index in [1.807, 2.05) is 0 Å². The summed E-state index contributed by atoms with van der Waals surface area (Å²) in [6.07, 6.45) is -3.31. The summed E-state index contributed by atoms with van der Waals surface area (Å²) in [5.41, 5.74) is -1.44. The Labute approximate surface area is 121 Å². The third-order valence-electron chi connectivity index (χ3n) is 3.01. The number of carboxylic acids is 1. The number of halogens is 4. The van der Waals surface area contributed by atoms with E-state index in [2.05, 4.69) is 0 Å². The molecular formula is C14H9F4NO3. The molecule has 0 aliphatic heterocycles. The number of nitrogens with one attached hydrogen (secondary N) is 1. The van der Waals surface area contributed by atoms with Crippen LogP contribution in [-0.4, -0.2) is 28.9 Å². The van der Waals surface area contributed by atoms with E-state index >= 15 is 0 Å². The lowest BCUT2D eigenvalue weighted by molar-refractivity contribution is -0.132. The van der Waals surface area contributed by atoms with Crippen LogP contribution >= 0.6 is 0 Å². The lowest BCUT2D eigenvalue weighted by atomic mass is 9.96. The molecule has 1 aromatic rings. The van der Waals surface area contributed by atoms with Crippen molar-refractivity contribution in [1.29, 1.82) is 0 Å². The number of aliphatic carboxylic acids is 1. The summed E-state index contributed by atoms with van der Waals surface area (Å²) in [4.78, 5) is 22.4. The third kappa shape index (κ3) is 2.59. The van der Waals surface area contributed by atoms with Crippen LogP contribution in [0.1, 0.15) is 10.4 Å². The van der Waals surface area contributed by atoms with Gasteiger partial charge in [-0.15, -0.1) is 0 Å². The molecular weight excluding hydrogens is 306 g/mol. The van der Waals surface area contributed by atoms with Gasteiger partial charge in [-0.3, -0.25) is 4.79 Å². The van der Waals surface area contributed by atoms with Gasteiger partial charge in [0.1, 0.15) is 0 Å². The molecule has 22 heavy (non-hydrogen) atoms. The molecule has 1 aliphatic rings. The zero-order valence-corrected chi connectivity index (χ0v) is 10.8. The summed E-state index contributed by atoms with van der Waals surface area (Å²) in [6, 6.07) is 6.94. The van der Waals surface area contributed by atoms with E-state index in [0.29, 0.717) is 0 Å². The Balaban J connectivity index is 2.34. The molecule has 2 rings (SSSR count). The molecule has 0 bridgehead atoms. The first-order chi connectivity index (χ1) is 10.3. The average molecular weight is 315 g/mol. The number of carbonyl (C=O) groups excluding carboxylic acids is 1. The number of hydrogen-bond donors (Lipinski definition) is 2. The predicted octanol–water partition coefficient (Wildman–Crippen LogP) is 2.60. The van der Waals surface area contributed by atoms with Gasteiger partial charge < -0.3 is 10.4 Å². The highest BCUT2D eigenvalue weighted by Crippen LogP contribution is 2.38. The van der Waals surface area contributed by atoms with Gasteiger partial charge in [0, 0.05) is 5.56 Å². The summed E-state index contributed by atoms with van der Waals surface area (Å²) < 4.78 is 55.4. The number of carboxylic acid groups (broad SMARTS) is 1. The summed E-state index contributed by atoms with van der Waals surface area (Å²) in [6.45, 7) is 0. The van der Waals surface area contributed by atoms with Gasteiger partial charge in [0.15, 0.2) is 11.7 Å². The molecule has 116 valence electrons. The van der Waals surface area contributed by atoms with E-state index in [9.17, 15) is 27.2 Å². The molecule has 2 unspecified atom stereocenters. The van der Waals surface area contributed by atoms with Gasteiger partial charge in [-0.1, -0.05) is 18.2 Å². The van der Waals surface area contributed by atoms with Crippen LogP contribution in [0.4, 0.5) is 17.6 Å². The van der Waals surface area contributed by atoms with E-state index < -0.39 is 41.1 Å². The number of benzene rings is 1. The molecule has 0 saturated carbocycles. The number of carbonyl (C=O) groups is 2. The molecule has 0 spiro atoms. The van der Waals surface area contributed by atoms with Gasteiger partial charge >= 0.3 is 5.97 Å². The molecule has 2 atom stereocenters. The van der Waals surface area contributed by atoms with Crippen LogP contribution in [0.15, 0.2) is 53.6 Å². The van der Waals surface area contributed by atoms with Crippen molar-refractivity contribution in [2.45, 2.75) is 12.0 Å². The van der Waals surface area contributed by atoms with Crippen molar-refractivity contribution in [2.24, 2.45) is 0 Å². The Bertz CT molecular complexity index is 687. The van der Waals surface area contributed by atoms with Crippen LogP contribution in [0.2, 0.25) is 0 Å². The molecule has 1 aromatic carbocycles. The maximum Gasteiger partial charge on any atom is 0.338 e. The number of amides is 1. The van der Waals surface area contributed by atoms with Gasteiger partial charge in [0.25, 0.3) is 11.7 Å². The molecule has 0 saturated heterocycles. The van der Waals surface area contributed by atoms with Gasteiger partial charge in [0.2, 0.25) is 6.17 Å². The minimum atomic E-state index is -3.81. The lowest BCUT2D eigenvalue weighted by Gasteiger charge is -2.30. The Hall–Kier alpha value is -2.64. The average Bonchev–Trinajstić information content (AvgIpc) is 2.49.